The average molecular weight is 540 g/mol. The fourth-order valence-corrected chi connectivity index (χ4v) is 6.35. The molecule has 0 saturated carbocycles. The van der Waals surface area contributed by atoms with Crippen molar-refractivity contribution in [3.8, 4) is 0 Å². The van der Waals surface area contributed by atoms with Crippen molar-refractivity contribution in [3.63, 3.8) is 0 Å². The number of halogens is 1. The minimum atomic E-state index is -3.55. The molecule has 1 saturated heterocycles. The second-order valence-electron chi connectivity index (χ2n) is 7.99. The third kappa shape index (κ3) is 4.50. The number of piperazine rings is 1. The van der Waals surface area contributed by atoms with Crippen molar-refractivity contribution in [2.45, 2.75) is 28.6 Å². The highest BCUT2D eigenvalue weighted by Gasteiger charge is 2.31. The number of rotatable bonds is 6. The van der Waals surface area contributed by atoms with Crippen LogP contribution in [0.2, 0.25) is 0 Å². The second kappa shape index (κ2) is 8.84. The van der Waals surface area contributed by atoms with E-state index in [1.54, 1.807) is 16.4 Å². The molecule has 30 heavy (non-hydrogen) atoms. The van der Waals surface area contributed by atoms with Gasteiger partial charge in [-0.05, 0) is 59.7 Å². The molecule has 1 N–H and O–H groups in total. The number of carboxylic acids is 1. The number of carbonyl (C=O) groups is 1. The van der Waals surface area contributed by atoms with Crippen LogP contribution >= 0.6 is 22.6 Å². The van der Waals surface area contributed by atoms with Gasteiger partial charge in [-0.15, -0.1) is 0 Å². The number of nitrogens with zero attached hydrogens (tertiary/aromatic N) is 2. The summed E-state index contributed by atoms with van der Waals surface area (Å²) in [6, 6.07) is 13.7. The smallest absolute Gasteiger partial charge is 0.303 e. The number of aliphatic carboxylic acids is 1. The molecule has 1 aliphatic heterocycles. The fraction of sp³-hybridized carbons (Fsp3) is 0.409. The first-order chi connectivity index (χ1) is 14.4. The number of carboxylic acid groups (broad SMARTS) is 1. The molecule has 1 aliphatic carbocycles. The lowest BCUT2D eigenvalue weighted by molar-refractivity contribution is -0.138. The van der Waals surface area contributed by atoms with Gasteiger partial charge >= 0.3 is 5.97 Å². The Morgan fingerprint density at radius 3 is 2.30 bits per heavy atom. The molecular formula is C22H25IN2O4S. The standard InChI is InChI=1S/C22H25IN2O4S/c23-15-16-1-4-20(5-2-16)24-7-9-25(10-8-24)30(28,29)21-6-3-18-11-17(13-22(26)27)12-19(18)14-21/h1-6,14,17H,7-13,15H2,(H,26,27). The lowest BCUT2D eigenvalue weighted by atomic mass is 10.0. The number of anilines is 1. The maximum absolute atomic E-state index is 13.2. The molecular weight excluding hydrogens is 515 g/mol. The Kier molecular flexibility index (Phi) is 6.36. The van der Waals surface area contributed by atoms with Gasteiger partial charge < -0.3 is 10.0 Å². The monoisotopic (exact) mass is 540 g/mol. The van der Waals surface area contributed by atoms with Gasteiger partial charge in [0.25, 0.3) is 0 Å². The number of sulfonamides is 1. The van der Waals surface area contributed by atoms with Crippen molar-refractivity contribution in [1.29, 1.82) is 0 Å². The Bertz CT molecular complexity index is 1030. The Hall–Kier alpha value is -1.65. The molecule has 2 aromatic carbocycles. The molecule has 0 amide bonds. The van der Waals surface area contributed by atoms with E-state index in [-0.39, 0.29) is 12.3 Å². The Balaban J connectivity index is 1.43. The minimum Gasteiger partial charge on any atom is -0.481 e. The molecule has 0 bridgehead atoms. The molecule has 1 heterocycles. The first-order valence-corrected chi connectivity index (χ1v) is 13.1. The van der Waals surface area contributed by atoms with Gasteiger partial charge in [0.2, 0.25) is 10.0 Å². The number of hydrogen-bond donors (Lipinski definition) is 1. The molecule has 1 atom stereocenters. The summed E-state index contributed by atoms with van der Waals surface area (Å²) in [5, 5.41) is 9.03. The largest absolute Gasteiger partial charge is 0.481 e. The highest BCUT2D eigenvalue weighted by atomic mass is 127. The summed E-state index contributed by atoms with van der Waals surface area (Å²) in [5.74, 6) is -0.750. The normalized spacial score (nSPS) is 19.6. The molecule has 6 nitrogen and oxygen atoms in total. The summed E-state index contributed by atoms with van der Waals surface area (Å²) >= 11 is 2.34. The zero-order valence-electron chi connectivity index (χ0n) is 16.6. The van der Waals surface area contributed by atoms with Crippen molar-refractivity contribution in [2.24, 2.45) is 5.92 Å². The van der Waals surface area contributed by atoms with Crippen molar-refractivity contribution in [2.75, 3.05) is 31.1 Å². The lowest BCUT2D eigenvalue weighted by Crippen LogP contribution is -2.48. The van der Waals surface area contributed by atoms with E-state index in [9.17, 15) is 13.2 Å². The maximum atomic E-state index is 13.2. The summed E-state index contributed by atoms with van der Waals surface area (Å²) in [4.78, 5) is 13.5. The molecule has 8 heteroatoms. The highest BCUT2D eigenvalue weighted by molar-refractivity contribution is 14.1. The number of hydrogen-bond acceptors (Lipinski definition) is 4. The number of benzene rings is 2. The zero-order chi connectivity index (χ0) is 21.3. The summed E-state index contributed by atoms with van der Waals surface area (Å²) in [6.45, 7) is 2.23. The fourth-order valence-electron chi connectivity index (χ4n) is 4.37. The van der Waals surface area contributed by atoms with Gasteiger partial charge in [-0.25, -0.2) is 8.42 Å². The van der Waals surface area contributed by atoms with Crippen LogP contribution < -0.4 is 4.90 Å². The summed E-state index contributed by atoms with van der Waals surface area (Å²) in [5.41, 5.74) is 4.45. The van der Waals surface area contributed by atoms with E-state index >= 15 is 0 Å². The summed E-state index contributed by atoms with van der Waals surface area (Å²) in [7, 11) is -3.55. The Morgan fingerprint density at radius 2 is 1.67 bits per heavy atom. The predicted octanol–water partition coefficient (Wildman–Crippen LogP) is 3.32. The van der Waals surface area contributed by atoms with E-state index in [1.807, 2.05) is 6.07 Å². The van der Waals surface area contributed by atoms with Gasteiger partial charge in [0.1, 0.15) is 0 Å². The van der Waals surface area contributed by atoms with E-state index < -0.39 is 16.0 Å². The Morgan fingerprint density at radius 1 is 1.00 bits per heavy atom. The third-order valence-corrected chi connectivity index (χ3v) is 8.77. The van der Waals surface area contributed by atoms with Crippen LogP contribution in [0.25, 0.3) is 0 Å². The van der Waals surface area contributed by atoms with E-state index in [4.69, 9.17) is 5.11 Å². The van der Waals surface area contributed by atoms with Crippen LogP contribution in [0.1, 0.15) is 23.1 Å². The summed E-state index contributed by atoms with van der Waals surface area (Å²) in [6.07, 6.45) is 1.46. The van der Waals surface area contributed by atoms with E-state index in [2.05, 4.69) is 51.8 Å². The molecule has 0 radical (unpaired) electrons. The lowest BCUT2D eigenvalue weighted by Gasteiger charge is -2.35. The van der Waals surface area contributed by atoms with Gasteiger partial charge in [0.15, 0.2) is 0 Å². The molecule has 4 rings (SSSR count). The maximum Gasteiger partial charge on any atom is 0.303 e. The molecule has 2 aromatic rings. The molecule has 1 fully saturated rings. The van der Waals surface area contributed by atoms with Gasteiger partial charge in [-0.2, -0.15) is 4.31 Å². The number of fused-ring (bicyclic) bond motifs is 1. The molecule has 160 valence electrons. The second-order valence-corrected chi connectivity index (χ2v) is 10.7. The van der Waals surface area contributed by atoms with Gasteiger partial charge in [-0.3, -0.25) is 4.79 Å². The molecule has 2 aliphatic rings. The molecule has 0 aromatic heterocycles. The van der Waals surface area contributed by atoms with Crippen LogP contribution in [0.5, 0.6) is 0 Å². The van der Waals surface area contributed by atoms with Crippen LogP contribution in [0.15, 0.2) is 47.4 Å². The first kappa shape index (κ1) is 21.6. The van der Waals surface area contributed by atoms with E-state index in [0.717, 1.165) is 21.2 Å². The van der Waals surface area contributed by atoms with E-state index in [1.165, 1.54) is 5.56 Å². The first-order valence-electron chi connectivity index (χ1n) is 10.1. The van der Waals surface area contributed by atoms with Crippen LogP contribution in [-0.4, -0.2) is 50.0 Å². The topological polar surface area (TPSA) is 77.9 Å². The third-order valence-electron chi connectivity index (χ3n) is 5.99. The molecule has 0 spiro atoms. The van der Waals surface area contributed by atoms with Crippen molar-refractivity contribution < 1.29 is 18.3 Å². The van der Waals surface area contributed by atoms with Crippen LogP contribution in [0, 0.1) is 5.92 Å². The van der Waals surface area contributed by atoms with Crippen molar-refractivity contribution in [1.82, 2.24) is 4.31 Å². The van der Waals surface area contributed by atoms with Crippen LogP contribution in [0.4, 0.5) is 5.69 Å². The van der Waals surface area contributed by atoms with Gasteiger partial charge in [0, 0.05) is 42.7 Å². The Labute approximate surface area is 191 Å². The zero-order valence-corrected chi connectivity index (χ0v) is 19.6. The summed E-state index contributed by atoms with van der Waals surface area (Å²) < 4.78 is 28.9. The van der Waals surface area contributed by atoms with Crippen molar-refractivity contribution in [3.05, 3.63) is 59.2 Å². The van der Waals surface area contributed by atoms with Gasteiger partial charge in [-0.1, -0.05) is 40.8 Å². The van der Waals surface area contributed by atoms with Crippen molar-refractivity contribution >= 4 is 44.3 Å². The van der Waals surface area contributed by atoms with E-state index in [0.29, 0.717) is 43.9 Å². The molecule has 1 unspecified atom stereocenters. The van der Waals surface area contributed by atoms with Crippen LogP contribution in [0.3, 0.4) is 0 Å². The number of alkyl halides is 1. The minimum absolute atomic E-state index is 0.0533. The average Bonchev–Trinajstić information content (AvgIpc) is 3.14. The SMILES string of the molecule is O=C(O)CC1Cc2ccc(S(=O)(=O)N3CCN(c4ccc(CI)cc4)CC3)cc2C1. The van der Waals surface area contributed by atoms with Crippen LogP contribution in [-0.2, 0) is 32.1 Å². The highest BCUT2D eigenvalue weighted by Crippen LogP contribution is 2.32. The predicted molar refractivity (Wildman–Crippen MR) is 125 cm³/mol. The quantitative estimate of drug-likeness (QED) is 0.450. The van der Waals surface area contributed by atoms with Gasteiger partial charge in [0.05, 0.1) is 4.90 Å².